The molecule has 4 heteroatoms. The Bertz CT molecular complexity index is 671. The number of hydrogen-bond acceptors (Lipinski definition) is 3. The SMILES string of the molecule is Cc1ccccc1CCNC(=O)CNc1ccc(C#N)cc1. The number of hydrogen-bond donors (Lipinski definition) is 2. The van der Waals surface area contributed by atoms with Crippen molar-refractivity contribution < 1.29 is 4.79 Å². The molecule has 0 fully saturated rings. The number of amides is 1. The molecule has 4 nitrogen and oxygen atoms in total. The molecule has 2 aromatic rings. The first-order chi connectivity index (χ1) is 10.7. The van der Waals surface area contributed by atoms with Crippen molar-refractivity contribution in [1.82, 2.24) is 5.32 Å². The molecule has 0 unspecified atom stereocenters. The molecule has 0 aliphatic rings. The van der Waals surface area contributed by atoms with Crippen molar-refractivity contribution >= 4 is 11.6 Å². The summed E-state index contributed by atoms with van der Waals surface area (Å²) in [5.74, 6) is -0.0436. The third-order valence-corrected chi connectivity index (χ3v) is 3.44. The van der Waals surface area contributed by atoms with Crippen LogP contribution in [0.15, 0.2) is 48.5 Å². The largest absolute Gasteiger partial charge is 0.376 e. The predicted octanol–water partition coefficient (Wildman–Crippen LogP) is 2.64. The summed E-state index contributed by atoms with van der Waals surface area (Å²) < 4.78 is 0. The van der Waals surface area contributed by atoms with Crippen molar-refractivity contribution in [2.24, 2.45) is 0 Å². The molecule has 0 aromatic heterocycles. The van der Waals surface area contributed by atoms with Crippen LogP contribution in [0.3, 0.4) is 0 Å². The molecule has 0 atom stereocenters. The summed E-state index contributed by atoms with van der Waals surface area (Å²) in [6.07, 6.45) is 0.829. The van der Waals surface area contributed by atoms with Crippen LogP contribution in [-0.2, 0) is 11.2 Å². The van der Waals surface area contributed by atoms with Gasteiger partial charge in [0.2, 0.25) is 5.91 Å². The Morgan fingerprint density at radius 1 is 1.14 bits per heavy atom. The fraction of sp³-hybridized carbons (Fsp3) is 0.222. The minimum absolute atomic E-state index is 0.0436. The van der Waals surface area contributed by atoms with Crippen LogP contribution < -0.4 is 10.6 Å². The molecule has 22 heavy (non-hydrogen) atoms. The molecule has 112 valence electrons. The Morgan fingerprint density at radius 3 is 2.55 bits per heavy atom. The van der Waals surface area contributed by atoms with Gasteiger partial charge < -0.3 is 10.6 Å². The molecule has 0 saturated carbocycles. The minimum atomic E-state index is -0.0436. The lowest BCUT2D eigenvalue weighted by Gasteiger charge is -2.09. The Labute approximate surface area is 130 Å². The molecule has 2 rings (SSSR count). The van der Waals surface area contributed by atoms with Gasteiger partial charge in [0.25, 0.3) is 0 Å². The number of carbonyl (C=O) groups excluding carboxylic acids is 1. The zero-order chi connectivity index (χ0) is 15.8. The van der Waals surface area contributed by atoms with Crippen LogP contribution in [0.1, 0.15) is 16.7 Å². The second-order valence-corrected chi connectivity index (χ2v) is 5.07. The normalized spacial score (nSPS) is 9.82. The number of nitrogens with one attached hydrogen (secondary N) is 2. The van der Waals surface area contributed by atoms with Gasteiger partial charge in [0.1, 0.15) is 0 Å². The third kappa shape index (κ3) is 4.64. The van der Waals surface area contributed by atoms with Crippen molar-refractivity contribution in [1.29, 1.82) is 5.26 Å². The van der Waals surface area contributed by atoms with E-state index in [-0.39, 0.29) is 12.5 Å². The van der Waals surface area contributed by atoms with E-state index in [0.29, 0.717) is 12.1 Å². The molecule has 2 N–H and O–H groups in total. The Kier molecular flexibility index (Phi) is 5.56. The van der Waals surface area contributed by atoms with E-state index in [2.05, 4.69) is 35.8 Å². The molecule has 0 bridgehead atoms. The van der Waals surface area contributed by atoms with Crippen LogP contribution in [0.2, 0.25) is 0 Å². The summed E-state index contributed by atoms with van der Waals surface area (Å²) in [5, 5.41) is 14.7. The highest BCUT2D eigenvalue weighted by Gasteiger charge is 2.02. The van der Waals surface area contributed by atoms with Gasteiger partial charge in [-0.1, -0.05) is 24.3 Å². The summed E-state index contributed by atoms with van der Waals surface area (Å²) in [4.78, 5) is 11.8. The van der Waals surface area contributed by atoms with Crippen LogP contribution in [0.25, 0.3) is 0 Å². The zero-order valence-electron chi connectivity index (χ0n) is 12.6. The fourth-order valence-corrected chi connectivity index (χ4v) is 2.13. The van der Waals surface area contributed by atoms with E-state index in [1.165, 1.54) is 11.1 Å². The first-order valence-corrected chi connectivity index (χ1v) is 7.24. The predicted molar refractivity (Wildman–Crippen MR) is 87.5 cm³/mol. The fourth-order valence-electron chi connectivity index (χ4n) is 2.13. The molecule has 0 radical (unpaired) electrons. The van der Waals surface area contributed by atoms with Gasteiger partial charge in [-0.05, 0) is 48.7 Å². The van der Waals surface area contributed by atoms with Gasteiger partial charge in [0, 0.05) is 12.2 Å². The maximum atomic E-state index is 11.8. The number of rotatable bonds is 6. The van der Waals surface area contributed by atoms with Gasteiger partial charge >= 0.3 is 0 Å². The Hall–Kier alpha value is -2.80. The highest BCUT2D eigenvalue weighted by Crippen LogP contribution is 2.08. The minimum Gasteiger partial charge on any atom is -0.376 e. The maximum absolute atomic E-state index is 11.8. The van der Waals surface area contributed by atoms with Gasteiger partial charge in [0.05, 0.1) is 18.2 Å². The number of benzene rings is 2. The average Bonchev–Trinajstić information content (AvgIpc) is 2.55. The molecule has 0 heterocycles. The average molecular weight is 293 g/mol. The van der Waals surface area contributed by atoms with Crippen molar-refractivity contribution in [3.63, 3.8) is 0 Å². The van der Waals surface area contributed by atoms with Crippen LogP contribution in [0, 0.1) is 18.3 Å². The second kappa shape index (κ2) is 7.84. The van der Waals surface area contributed by atoms with Crippen LogP contribution in [0.4, 0.5) is 5.69 Å². The summed E-state index contributed by atoms with van der Waals surface area (Å²) in [6.45, 7) is 2.92. The van der Waals surface area contributed by atoms with Gasteiger partial charge in [-0.25, -0.2) is 0 Å². The highest BCUT2D eigenvalue weighted by atomic mass is 16.1. The standard InChI is InChI=1S/C18H19N3O/c1-14-4-2-3-5-16(14)10-11-20-18(22)13-21-17-8-6-15(12-19)7-9-17/h2-9,21H,10-11,13H2,1H3,(H,20,22). The highest BCUT2D eigenvalue weighted by molar-refractivity contribution is 5.80. The molecule has 0 aliphatic heterocycles. The molecule has 1 amide bonds. The van der Waals surface area contributed by atoms with Crippen LogP contribution in [0.5, 0.6) is 0 Å². The molecule has 0 spiro atoms. The van der Waals surface area contributed by atoms with Gasteiger partial charge in [-0.2, -0.15) is 5.26 Å². The van der Waals surface area contributed by atoms with Crippen LogP contribution >= 0.6 is 0 Å². The number of carbonyl (C=O) groups is 1. The van der Waals surface area contributed by atoms with Gasteiger partial charge in [0.15, 0.2) is 0 Å². The summed E-state index contributed by atoms with van der Waals surface area (Å²) in [6, 6.07) is 17.3. The van der Waals surface area contributed by atoms with E-state index in [9.17, 15) is 4.79 Å². The zero-order valence-corrected chi connectivity index (χ0v) is 12.6. The number of anilines is 1. The maximum Gasteiger partial charge on any atom is 0.239 e. The Morgan fingerprint density at radius 2 is 1.86 bits per heavy atom. The van der Waals surface area contributed by atoms with Gasteiger partial charge in [-0.3, -0.25) is 4.79 Å². The van der Waals surface area contributed by atoms with Crippen molar-refractivity contribution in [2.45, 2.75) is 13.3 Å². The summed E-state index contributed by atoms with van der Waals surface area (Å²) in [5.41, 5.74) is 3.93. The van der Waals surface area contributed by atoms with E-state index in [4.69, 9.17) is 5.26 Å². The quantitative estimate of drug-likeness (QED) is 0.860. The smallest absolute Gasteiger partial charge is 0.239 e. The molecular weight excluding hydrogens is 274 g/mol. The molecule has 0 saturated heterocycles. The second-order valence-electron chi connectivity index (χ2n) is 5.07. The lowest BCUT2D eigenvalue weighted by Crippen LogP contribution is -2.31. The van der Waals surface area contributed by atoms with E-state index >= 15 is 0 Å². The first kappa shape index (κ1) is 15.6. The molecule has 2 aromatic carbocycles. The summed E-state index contributed by atoms with van der Waals surface area (Å²) in [7, 11) is 0. The number of nitrogens with zero attached hydrogens (tertiary/aromatic N) is 1. The molecular formula is C18H19N3O. The van der Waals surface area contributed by atoms with Crippen molar-refractivity contribution in [2.75, 3.05) is 18.4 Å². The van der Waals surface area contributed by atoms with E-state index in [1.807, 2.05) is 12.1 Å². The summed E-state index contributed by atoms with van der Waals surface area (Å²) >= 11 is 0. The number of nitriles is 1. The monoisotopic (exact) mass is 293 g/mol. The van der Waals surface area contributed by atoms with E-state index in [1.54, 1.807) is 24.3 Å². The van der Waals surface area contributed by atoms with Crippen molar-refractivity contribution in [3.05, 3.63) is 65.2 Å². The van der Waals surface area contributed by atoms with E-state index < -0.39 is 0 Å². The van der Waals surface area contributed by atoms with Crippen LogP contribution in [-0.4, -0.2) is 19.0 Å². The van der Waals surface area contributed by atoms with Crippen molar-refractivity contribution in [3.8, 4) is 6.07 Å². The van der Waals surface area contributed by atoms with Gasteiger partial charge in [-0.15, -0.1) is 0 Å². The topological polar surface area (TPSA) is 64.9 Å². The third-order valence-electron chi connectivity index (χ3n) is 3.44. The number of aryl methyl sites for hydroxylation is 1. The van der Waals surface area contributed by atoms with E-state index in [0.717, 1.165) is 12.1 Å². The lowest BCUT2D eigenvalue weighted by atomic mass is 10.1. The first-order valence-electron chi connectivity index (χ1n) is 7.24. The molecule has 0 aliphatic carbocycles. The lowest BCUT2D eigenvalue weighted by molar-refractivity contribution is -0.119. The Balaban J connectivity index is 1.72.